The van der Waals surface area contributed by atoms with E-state index in [4.69, 9.17) is 4.74 Å². The number of carbonyl (C=O) groups excluding carboxylic acids is 2. The lowest BCUT2D eigenvalue weighted by Gasteiger charge is -2.17. The predicted octanol–water partition coefficient (Wildman–Crippen LogP) is 3.77. The summed E-state index contributed by atoms with van der Waals surface area (Å²) in [6.07, 6.45) is 2.43. The fraction of sp³-hybridized carbons (Fsp3) is 0.364. The van der Waals surface area contributed by atoms with E-state index in [1.807, 2.05) is 30.3 Å². The van der Waals surface area contributed by atoms with E-state index in [1.165, 1.54) is 24.6 Å². The van der Waals surface area contributed by atoms with Gasteiger partial charge >= 0.3 is 5.97 Å². The largest absolute Gasteiger partial charge is 0.462 e. The third kappa shape index (κ3) is 5.30. The van der Waals surface area contributed by atoms with Crippen molar-refractivity contribution in [2.75, 3.05) is 35.7 Å². The summed E-state index contributed by atoms with van der Waals surface area (Å²) >= 11 is 1.16. The summed E-state index contributed by atoms with van der Waals surface area (Å²) in [6.45, 7) is 5.79. The molecule has 1 aromatic carbocycles. The number of thioether (sulfide) groups is 1. The highest BCUT2D eigenvalue weighted by Crippen LogP contribution is 2.25. The van der Waals surface area contributed by atoms with Crippen LogP contribution in [-0.2, 0) is 9.53 Å². The molecule has 1 aromatic heterocycles. The summed E-state index contributed by atoms with van der Waals surface area (Å²) in [7, 11) is 0. The number of hydrogen-bond donors (Lipinski definition) is 1. The van der Waals surface area contributed by atoms with Crippen LogP contribution < -0.4 is 10.2 Å². The molecule has 0 unspecified atom stereocenters. The van der Waals surface area contributed by atoms with Gasteiger partial charge in [-0.15, -0.1) is 0 Å². The summed E-state index contributed by atoms with van der Waals surface area (Å²) in [5, 5.41) is 12.7. The fourth-order valence-electron chi connectivity index (χ4n) is 3.25. The quantitative estimate of drug-likeness (QED) is 0.534. The van der Waals surface area contributed by atoms with Crippen LogP contribution in [0.1, 0.15) is 41.4 Å². The maximum Gasteiger partial charge on any atom is 0.340 e. The predicted molar refractivity (Wildman–Crippen MR) is 117 cm³/mol. The number of esters is 1. The Morgan fingerprint density at radius 2 is 1.97 bits per heavy atom. The minimum atomic E-state index is -0.509. The smallest absolute Gasteiger partial charge is 0.340 e. The Kier molecular flexibility index (Phi) is 7.31. The highest BCUT2D eigenvalue weighted by atomic mass is 32.2. The molecule has 0 spiro atoms. The molecule has 7 nitrogen and oxygen atoms in total. The normalized spacial score (nSPS) is 13.0. The number of amides is 1. The molecular formula is C22H24N4O3S. The first kappa shape index (κ1) is 21.7. The lowest BCUT2D eigenvalue weighted by molar-refractivity contribution is -0.113. The van der Waals surface area contributed by atoms with Crippen molar-refractivity contribution in [1.82, 2.24) is 4.98 Å². The first-order valence-electron chi connectivity index (χ1n) is 9.88. The third-order valence-corrected chi connectivity index (χ3v) is 5.75. The minimum Gasteiger partial charge on any atom is -0.462 e. The van der Waals surface area contributed by atoms with Gasteiger partial charge in [-0.3, -0.25) is 4.79 Å². The number of nitrogens with zero attached hydrogens (tertiary/aromatic N) is 3. The number of pyridine rings is 1. The second-order valence-corrected chi connectivity index (χ2v) is 7.85. The van der Waals surface area contributed by atoms with E-state index in [1.54, 1.807) is 13.8 Å². The van der Waals surface area contributed by atoms with Gasteiger partial charge in [0.1, 0.15) is 11.1 Å². The van der Waals surface area contributed by atoms with Gasteiger partial charge in [0.25, 0.3) is 0 Å². The summed E-state index contributed by atoms with van der Waals surface area (Å²) in [6, 6.07) is 11.3. The highest BCUT2D eigenvalue weighted by molar-refractivity contribution is 8.00. The van der Waals surface area contributed by atoms with Crippen molar-refractivity contribution in [3.05, 3.63) is 47.2 Å². The lowest BCUT2D eigenvalue weighted by Crippen LogP contribution is -2.18. The molecule has 0 aliphatic carbocycles. The van der Waals surface area contributed by atoms with E-state index in [2.05, 4.69) is 15.2 Å². The van der Waals surface area contributed by atoms with Crippen molar-refractivity contribution in [2.45, 2.75) is 31.7 Å². The van der Waals surface area contributed by atoms with Crippen LogP contribution in [0.15, 0.2) is 35.4 Å². The molecule has 2 aromatic rings. The summed E-state index contributed by atoms with van der Waals surface area (Å²) in [5.41, 5.74) is 2.87. The van der Waals surface area contributed by atoms with Crippen LogP contribution in [0.5, 0.6) is 0 Å². The van der Waals surface area contributed by atoms with Crippen molar-refractivity contribution >= 4 is 35.0 Å². The van der Waals surface area contributed by atoms with Crippen LogP contribution in [0.3, 0.4) is 0 Å². The Hall–Kier alpha value is -3.05. The van der Waals surface area contributed by atoms with Gasteiger partial charge < -0.3 is 15.0 Å². The van der Waals surface area contributed by atoms with Crippen LogP contribution in [0.4, 0.5) is 11.4 Å². The van der Waals surface area contributed by atoms with E-state index in [0.29, 0.717) is 10.7 Å². The van der Waals surface area contributed by atoms with Crippen LogP contribution in [0.2, 0.25) is 0 Å². The van der Waals surface area contributed by atoms with Gasteiger partial charge in [0.15, 0.2) is 0 Å². The van der Waals surface area contributed by atoms with Gasteiger partial charge in [-0.05, 0) is 57.0 Å². The molecule has 0 bridgehead atoms. The van der Waals surface area contributed by atoms with Crippen LogP contribution in [0, 0.1) is 18.3 Å². The molecule has 0 atom stereocenters. The summed E-state index contributed by atoms with van der Waals surface area (Å²) in [5.74, 6) is -0.592. The zero-order chi connectivity index (χ0) is 21.5. The van der Waals surface area contributed by atoms with Crippen LogP contribution in [0.25, 0.3) is 0 Å². The second-order valence-electron chi connectivity index (χ2n) is 6.88. The van der Waals surface area contributed by atoms with Gasteiger partial charge in [-0.25, -0.2) is 9.78 Å². The van der Waals surface area contributed by atoms with E-state index in [0.717, 1.165) is 30.5 Å². The fourth-order valence-corrected chi connectivity index (χ4v) is 4.05. The Morgan fingerprint density at radius 3 is 2.60 bits per heavy atom. The second kappa shape index (κ2) is 10.1. The molecule has 1 aliphatic heterocycles. The molecule has 1 saturated heterocycles. The SMILES string of the molecule is CCOC(=O)c1cc(C#N)c(SCC(=O)Nc2ccc(N3CCCC3)cc2)nc1C. The number of aromatic nitrogens is 1. The number of hydrogen-bond acceptors (Lipinski definition) is 7. The zero-order valence-corrected chi connectivity index (χ0v) is 17.9. The number of nitriles is 1. The van der Waals surface area contributed by atoms with E-state index in [-0.39, 0.29) is 29.4 Å². The van der Waals surface area contributed by atoms with Gasteiger partial charge in [-0.1, -0.05) is 11.8 Å². The summed E-state index contributed by atoms with van der Waals surface area (Å²) < 4.78 is 4.99. The maximum atomic E-state index is 12.3. The summed E-state index contributed by atoms with van der Waals surface area (Å²) in [4.78, 5) is 31.0. The number of benzene rings is 1. The molecular weight excluding hydrogens is 400 g/mol. The van der Waals surface area contributed by atoms with Crippen molar-refractivity contribution in [3.8, 4) is 6.07 Å². The number of carbonyl (C=O) groups is 2. The monoisotopic (exact) mass is 424 g/mol. The van der Waals surface area contributed by atoms with Gasteiger partial charge in [0.05, 0.1) is 29.2 Å². The maximum absolute atomic E-state index is 12.3. The molecule has 8 heteroatoms. The molecule has 1 fully saturated rings. The standard InChI is InChI=1S/C22H24N4O3S/c1-3-29-22(28)19-12-16(13-23)21(24-15(19)2)30-14-20(27)25-17-6-8-18(9-7-17)26-10-4-5-11-26/h6-9,12H,3-5,10-11,14H2,1-2H3,(H,25,27). The minimum absolute atomic E-state index is 0.105. The van der Waals surface area contributed by atoms with Crippen molar-refractivity contribution in [3.63, 3.8) is 0 Å². The Balaban J connectivity index is 1.60. The van der Waals surface area contributed by atoms with Crippen molar-refractivity contribution < 1.29 is 14.3 Å². The molecule has 0 radical (unpaired) electrons. The molecule has 1 N–H and O–H groups in total. The average Bonchev–Trinajstić information content (AvgIpc) is 3.28. The molecule has 3 rings (SSSR count). The van der Waals surface area contributed by atoms with Crippen molar-refractivity contribution in [1.29, 1.82) is 5.26 Å². The van der Waals surface area contributed by atoms with Crippen molar-refractivity contribution in [2.24, 2.45) is 0 Å². The van der Waals surface area contributed by atoms with E-state index < -0.39 is 5.97 Å². The number of aryl methyl sites for hydroxylation is 1. The first-order valence-corrected chi connectivity index (χ1v) is 10.9. The van der Waals surface area contributed by atoms with Gasteiger partial charge in [0.2, 0.25) is 5.91 Å². The molecule has 156 valence electrons. The van der Waals surface area contributed by atoms with E-state index in [9.17, 15) is 14.9 Å². The van der Waals surface area contributed by atoms with Gasteiger partial charge in [0, 0.05) is 24.5 Å². The number of anilines is 2. The lowest BCUT2D eigenvalue weighted by atomic mass is 10.1. The van der Waals surface area contributed by atoms with Crippen LogP contribution in [-0.4, -0.2) is 42.3 Å². The number of ether oxygens (including phenoxy) is 1. The Morgan fingerprint density at radius 1 is 1.27 bits per heavy atom. The number of nitrogens with one attached hydrogen (secondary N) is 1. The van der Waals surface area contributed by atoms with E-state index >= 15 is 0 Å². The molecule has 0 saturated carbocycles. The number of rotatable bonds is 7. The molecule has 1 amide bonds. The topological polar surface area (TPSA) is 95.3 Å². The Labute approximate surface area is 180 Å². The third-order valence-electron chi connectivity index (χ3n) is 4.76. The first-order chi connectivity index (χ1) is 14.5. The molecule has 1 aliphatic rings. The molecule has 2 heterocycles. The average molecular weight is 425 g/mol. The van der Waals surface area contributed by atoms with Crippen LogP contribution >= 0.6 is 11.8 Å². The highest BCUT2D eigenvalue weighted by Gasteiger charge is 2.17. The Bertz CT molecular complexity index is 964. The molecule has 30 heavy (non-hydrogen) atoms. The van der Waals surface area contributed by atoms with Gasteiger partial charge in [-0.2, -0.15) is 5.26 Å². The zero-order valence-electron chi connectivity index (χ0n) is 17.1.